The first kappa shape index (κ1) is 20.9. The van der Waals surface area contributed by atoms with E-state index in [-0.39, 0.29) is 0 Å². The third kappa shape index (κ3) is 6.07. The molecule has 0 aromatic rings. The van der Waals surface area contributed by atoms with Crippen molar-refractivity contribution in [3.05, 3.63) is 0 Å². The number of carbonyl (C=O) groups is 2. The standard InChI is InChI=1S/C11H20NO11P/c1-4(10(15)16)22-9-7(12-5(2)13)11(17)23-6(8(9)14)3-21-24(18,19)20/h4,6-9,11,14,17H,3H2,1-2H3,(H,12,13)(H,15,16)(H2,18,19,20)/t4-,6-,7-,8-,9-,11+/m1/s1. The quantitative estimate of drug-likeness (QED) is 0.259. The van der Waals surface area contributed by atoms with Crippen molar-refractivity contribution in [2.75, 3.05) is 6.61 Å². The molecule has 1 aliphatic heterocycles. The second kappa shape index (κ2) is 8.32. The summed E-state index contributed by atoms with van der Waals surface area (Å²) >= 11 is 0. The molecule has 0 saturated carbocycles. The van der Waals surface area contributed by atoms with Crippen LogP contribution in [0.2, 0.25) is 0 Å². The van der Waals surface area contributed by atoms with E-state index in [1.54, 1.807) is 0 Å². The zero-order valence-corrected chi connectivity index (χ0v) is 13.7. The fourth-order valence-corrected chi connectivity index (χ4v) is 2.43. The molecule has 1 aliphatic rings. The maximum absolute atomic E-state index is 11.2. The molecule has 1 heterocycles. The van der Waals surface area contributed by atoms with Gasteiger partial charge in [-0.1, -0.05) is 0 Å². The third-order valence-corrected chi connectivity index (χ3v) is 3.66. The van der Waals surface area contributed by atoms with E-state index in [0.29, 0.717) is 0 Å². The van der Waals surface area contributed by atoms with Gasteiger partial charge in [-0.25, -0.2) is 9.36 Å². The van der Waals surface area contributed by atoms with Crippen molar-refractivity contribution in [1.29, 1.82) is 0 Å². The highest BCUT2D eigenvalue weighted by molar-refractivity contribution is 7.46. The van der Waals surface area contributed by atoms with Crippen LogP contribution < -0.4 is 5.32 Å². The van der Waals surface area contributed by atoms with Crippen LogP contribution in [0.25, 0.3) is 0 Å². The number of carboxylic acids is 1. The molecule has 1 saturated heterocycles. The van der Waals surface area contributed by atoms with Crippen LogP contribution in [0, 0.1) is 0 Å². The number of amides is 1. The van der Waals surface area contributed by atoms with Crippen molar-refractivity contribution < 1.29 is 53.3 Å². The van der Waals surface area contributed by atoms with E-state index in [0.717, 1.165) is 6.92 Å². The molecule has 24 heavy (non-hydrogen) atoms. The van der Waals surface area contributed by atoms with Gasteiger partial charge in [0.2, 0.25) is 5.91 Å². The number of nitrogens with one attached hydrogen (secondary N) is 1. The van der Waals surface area contributed by atoms with Crippen molar-refractivity contribution in [2.24, 2.45) is 0 Å². The lowest BCUT2D eigenvalue weighted by molar-refractivity contribution is -0.266. The Hall–Kier alpha value is -1.11. The van der Waals surface area contributed by atoms with Gasteiger partial charge >= 0.3 is 13.8 Å². The fraction of sp³-hybridized carbons (Fsp3) is 0.818. The lowest BCUT2D eigenvalue weighted by atomic mass is 9.96. The Morgan fingerprint density at radius 2 is 1.92 bits per heavy atom. The molecule has 0 aromatic carbocycles. The summed E-state index contributed by atoms with van der Waals surface area (Å²) in [6.45, 7) is 1.50. The maximum atomic E-state index is 11.2. The van der Waals surface area contributed by atoms with Crippen molar-refractivity contribution >= 4 is 19.7 Å². The summed E-state index contributed by atoms with van der Waals surface area (Å²) in [6, 6.07) is -1.30. The molecule has 0 bridgehead atoms. The number of phosphoric ester groups is 1. The van der Waals surface area contributed by atoms with Gasteiger partial charge in [0.25, 0.3) is 0 Å². The minimum absolute atomic E-state index is 0.601. The number of rotatable bonds is 7. The van der Waals surface area contributed by atoms with Crippen LogP contribution in [0.15, 0.2) is 0 Å². The molecule has 1 rings (SSSR count). The number of hydrogen-bond acceptors (Lipinski definition) is 8. The first-order valence-electron chi connectivity index (χ1n) is 6.79. The second-order valence-electron chi connectivity index (χ2n) is 5.15. The smallest absolute Gasteiger partial charge is 0.469 e. The Morgan fingerprint density at radius 1 is 1.33 bits per heavy atom. The van der Waals surface area contributed by atoms with Crippen molar-refractivity contribution in [3.63, 3.8) is 0 Å². The van der Waals surface area contributed by atoms with Gasteiger partial charge in [0.15, 0.2) is 12.4 Å². The number of aliphatic hydroxyl groups excluding tert-OH is 2. The average Bonchev–Trinajstić information content (AvgIpc) is 2.43. The molecule has 0 spiro atoms. The van der Waals surface area contributed by atoms with Gasteiger partial charge in [-0.05, 0) is 6.92 Å². The van der Waals surface area contributed by atoms with Gasteiger partial charge in [-0.15, -0.1) is 0 Å². The van der Waals surface area contributed by atoms with Crippen molar-refractivity contribution in [1.82, 2.24) is 5.32 Å². The first-order chi connectivity index (χ1) is 10.9. The van der Waals surface area contributed by atoms with E-state index < -0.39 is 63.1 Å². The van der Waals surface area contributed by atoms with E-state index in [9.17, 15) is 24.4 Å². The highest BCUT2D eigenvalue weighted by Crippen LogP contribution is 2.37. The lowest BCUT2D eigenvalue weighted by Crippen LogP contribution is -2.65. The Balaban J connectivity index is 2.95. The van der Waals surface area contributed by atoms with Crippen LogP contribution in [-0.2, 0) is 28.2 Å². The van der Waals surface area contributed by atoms with Crippen LogP contribution in [0.3, 0.4) is 0 Å². The number of carbonyl (C=O) groups excluding carboxylic acids is 1. The Labute approximate surface area is 136 Å². The third-order valence-electron chi connectivity index (χ3n) is 3.18. The molecule has 12 nitrogen and oxygen atoms in total. The molecule has 0 aromatic heterocycles. The van der Waals surface area contributed by atoms with Crippen molar-refractivity contribution in [3.8, 4) is 0 Å². The summed E-state index contributed by atoms with van der Waals surface area (Å²) in [5.74, 6) is -1.95. The van der Waals surface area contributed by atoms with Gasteiger partial charge in [-0.2, -0.15) is 0 Å². The van der Waals surface area contributed by atoms with Crippen LogP contribution in [0.1, 0.15) is 13.8 Å². The summed E-state index contributed by atoms with van der Waals surface area (Å²) in [7, 11) is -4.86. The predicted octanol–water partition coefficient (Wildman–Crippen LogP) is -2.46. The van der Waals surface area contributed by atoms with Gasteiger partial charge in [-0.3, -0.25) is 9.32 Å². The highest BCUT2D eigenvalue weighted by Gasteiger charge is 2.47. The summed E-state index contributed by atoms with van der Waals surface area (Å²) in [4.78, 5) is 39.5. The molecule has 6 atom stereocenters. The summed E-state index contributed by atoms with van der Waals surface area (Å²) in [5.41, 5.74) is 0. The fourth-order valence-electron chi connectivity index (χ4n) is 2.09. The van der Waals surface area contributed by atoms with Crippen molar-refractivity contribution in [2.45, 2.75) is 50.6 Å². The molecular weight excluding hydrogens is 353 g/mol. The zero-order chi connectivity index (χ0) is 18.7. The molecule has 0 unspecified atom stereocenters. The average molecular weight is 373 g/mol. The number of phosphoric acid groups is 1. The molecule has 140 valence electrons. The molecule has 13 heteroatoms. The molecule has 6 N–H and O–H groups in total. The minimum atomic E-state index is -4.86. The number of hydrogen-bond donors (Lipinski definition) is 6. The summed E-state index contributed by atoms with van der Waals surface area (Å²) in [6.07, 6.45) is -7.61. The monoisotopic (exact) mass is 373 g/mol. The lowest BCUT2D eigenvalue weighted by Gasteiger charge is -2.43. The number of aliphatic carboxylic acids is 1. The Morgan fingerprint density at radius 3 is 2.38 bits per heavy atom. The highest BCUT2D eigenvalue weighted by atomic mass is 31.2. The largest absolute Gasteiger partial charge is 0.479 e. The van der Waals surface area contributed by atoms with E-state index >= 15 is 0 Å². The first-order valence-corrected chi connectivity index (χ1v) is 8.32. The van der Waals surface area contributed by atoms with E-state index in [4.69, 9.17) is 24.4 Å². The Kier molecular flexibility index (Phi) is 7.25. The van der Waals surface area contributed by atoms with Gasteiger partial charge < -0.3 is 39.9 Å². The van der Waals surface area contributed by atoms with E-state index in [1.165, 1.54) is 6.92 Å². The van der Waals surface area contributed by atoms with Gasteiger partial charge in [0.1, 0.15) is 24.4 Å². The van der Waals surface area contributed by atoms with Gasteiger partial charge in [0.05, 0.1) is 6.61 Å². The minimum Gasteiger partial charge on any atom is -0.479 e. The van der Waals surface area contributed by atoms with Crippen LogP contribution in [-0.4, -0.2) is 80.3 Å². The van der Waals surface area contributed by atoms with Crippen LogP contribution in [0.4, 0.5) is 0 Å². The number of carboxylic acid groups (broad SMARTS) is 1. The SMILES string of the molecule is CC(=O)N[C@@H]1[C@@H](O[C@H](C)C(=O)O)[C@H](O)[C@@H](COP(=O)(O)O)O[C@@H]1O. The van der Waals surface area contributed by atoms with Crippen LogP contribution >= 0.6 is 7.82 Å². The van der Waals surface area contributed by atoms with E-state index in [1.807, 2.05) is 0 Å². The zero-order valence-electron chi connectivity index (χ0n) is 12.8. The molecule has 0 aliphatic carbocycles. The number of aliphatic hydroxyl groups is 2. The van der Waals surface area contributed by atoms with Crippen LogP contribution in [0.5, 0.6) is 0 Å². The number of ether oxygens (including phenoxy) is 2. The maximum Gasteiger partial charge on any atom is 0.469 e. The normalized spacial score (nSPS) is 32.2. The van der Waals surface area contributed by atoms with E-state index in [2.05, 4.69) is 9.84 Å². The van der Waals surface area contributed by atoms with Gasteiger partial charge in [0, 0.05) is 6.92 Å². The summed E-state index contributed by atoms with van der Waals surface area (Å²) < 4.78 is 25.1. The predicted molar refractivity (Wildman–Crippen MR) is 74.5 cm³/mol. The molecule has 1 fully saturated rings. The topological polar surface area (TPSA) is 192 Å². The Bertz CT molecular complexity index is 508. The second-order valence-corrected chi connectivity index (χ2v) is 6.39. The summed E-state index contributed by atoms with van der Waals surface area (Å²) in [5, 5.41) is 31.3. The molecule has 1 amide bonds. The molecular formula is C11H20NO11P. The molecule has 0 radical (unpaired) electrons.